The molecule has 0 spiro atoms. The summed E-state index contributed by atoms with van der Waals surface area (Å²) in [6.45, 7) is 0. The van der Waals surface area contributed by atoms with Crippen molar-refractivity contribution in [2.45, 2.75) is 31.3 Å². The fourth-order valence-electron chi connectivity index (χ4n) is 3.07. The highest BCUT2D eigenvalue weighted by molar-refractivity contribution is 7.13. The second-order valence-corrected chi connectivity index (χ2v) is 7.15. The highest BCUT2D eigenvalue weighted by atomic mass is 32.1. The lowest BCUT2D eigenvalue weighted by atomic mass is 10.2. The second-order valence-electron chi connectivity index (χ2n) is 6.29. The van der Waals surface area contributed by atoms with Crippen LogP contribution in [0.25, 0.3) is 16.3 Å². The summed E-state index contributed by atoms with van der Waals surface area (Å²) in [5, 5.41) is 9.98. The van der Waals surface area contributed by atoms with Gasteiger partial charge in [-0.3, -0.25) is 4.79 Å². The molecule has 3 aromatic rings. The molecule has 0 unspecified atom stereocenters. The number of hydrogen-bond acceptors (Lipinski definition) is 5. The van der Waals surface area contributed by atoms with E-state index in [0.29, 0.717) is 5.69 Å². The summed E-state index contributed by atoms with van der Waals surface area (Å²) in [6, 6.07) is 10.2. The van der Waals surface area contributed by atoms with Gasteiger partial charge in [0.05, 0.1) is 11.9 Å². The average molecular weight is 353 g/mol. The topological polar surface area (TPSA) is 85.8 Å². The van der Waals surface area contributed by atoms with Gasteiger partial charge in [-0.2, -0.15) is 5.10 Å². The molecule has 4 rings (SSSR count). The van der Waals surface area contributed by atoms with E-state index < -0.39 is 0 Å². The highest BCUT2D eigenvalue weighted by Crippen LogP contribution is 2.25. The minimum atomic E-state index is -0.128. The van der Waals surface area contributed by atoms with E-state index in [1.165, 1.54) is 11.3 Å². The lowest BCUT2D eigenvalue weighted by Crippen LogP contribution is -2.34. The average Bonchev–Trinajstić information content (AvgIpc) is 3.35. The van der Waals surface area contributed by atoms with Crippen molar-refractivity contribution in [3.05, 3.63) is 53.8 Å². The predicted molar refractivity (Wildman–Crippen MR) is 97.8 cm³/mol. The first-order valence-corrected chi connectivity index (χ1v) is 9.19. The van der Waals surface area contributed by atoms with Crippen LogP contribution in [0.1, 0.15) is 29.8 Å². The van der Waals surface area contributed by atoms with E-state index in [9.17, 15) is 4.79 Å². The van der Waals surface area contributed by atoms with Gasteiger partial charge < -0.3 is 11.1 Å². The largest absolute Gasteiger partial charge is 0.348 e. The molecule has 0 saturated heterocycles. The number of aromatic nitrogens is 3. The van der Waals surface area contributed by atoms with E-state index in [1.54, 1.807) is 16.3 Å². The standard InChI is InChI=1S/C18H19N5OS/c19-13-6-7-14(8-13)21-17(24)16-11-25-18(22-16)12-9-20-23(10-12)15-4-2-1-3-5-15/h1-5,9-11,13-14H,6-8,19H2,(H,21,24)/t13-,14-/m1/s1. The molecular weight excluding hydrogens is 334 g/mol. The van der Waals surface area contributed by atoms with E-state index >= 15 is 0 Å². The molecule has 128 valence electrons. The van der Waals surface area contributed by atoms with E-state index in [4.69, 9.17) is 5.73 Å². The molecule has 1 saturated carbocycles. The summed E-state index contributed by atoms with van der Waals surface area (Å²) in [4.78, 5) is 16.8. The molecule has 2 aromatic heterocycles. The maximum absolute atomic E-state index is 12.4. The van der Waals surface area contributed by atoms with E-state index in [2.05, 4.69) is 15.4 Å². The van der Waals surface area contributed by atoms with Gasteiger partial charge in [0.25, 0.3) is 5.91 Å². The number of rotatable bonds is 4. The molecular formula is C18H19N5OS. The molecule has 1 aliphatic carbocycles. The molecule has 1 aliphatic rings. The fourth-order valence-corrected chi connectivity index (χ4v) is 3.85. The maximum atomic E-state index is 12.4. The normalized spacial score (nSPS) is 19.9. The summed E-state index contributed by atoms with van der Waals surface area (Å²) < 4.78 is 1.80. The van der Waals surface area contributed by atoms with Gasteiger partial charge >= 0.3 is 0 Å². The van der Waals surface area contributed by atoms with Crippen molar-refractivity contribution in [2.24, 2.45) is 5.73 Å². The van der Waals surface area contributed by atoms with Crippen molar-refractivity contribution in [3.63, 3.8) is 0 Å². The lowest BCUT2D eigenvalue weighted by molar-refractivity contribution is 0.0933. The fraction of sp³-hybridized carbons (Fsp3) is 0.278. The Morgan fingerprint density at radius 1 is 1.28 bits per heavy atom. The van der Waals surface area contributed by atoms with Crippen LogP contribution >= 0.6 is 11.3 Å². The van der Waals surface area contributed by atoms with Crippen LogP contribution in [-0.4, -0.2) is 32.8 Å². The predicted octanol–water partition coefficient (Wildman–Crippen LogP) is 2.61. The highest BCUT2D eigenvalue weighted by Gasteiger charge is 2.24. The first kappa shape index (κ1) is 16.0. The Kier molecular flexibility index (Phi) is 4.33. The molecule has 0 bridgehead atoms. The quantitative estimate of drug-likeness (QED) is 0.755. The van der Waals surface area contributed by atoms with Gasteiger partial charge in [-0.05, 0) is 31.4 Å². The van der Waals surface area contributed by atoms with Crippen LogP contribution in [0.2, 0.25) is 0 Å². The number of nitrogens with one attached hydrogen (secondary N) is 1. The smallest absolute Gasteiger partial charge is 0.270 e. The van der Waals surface area contributed by atoms with Gasteiger partial charge in [0.2, 0.25) is 0 Å². The van der Waals surface area contributed by atoms with Crippen LogP contribution in [-0.2, 0) is 0 Å². The molecule has 2 heterocycles. The van der Waals surface area contributed by atoms with Gasteiger partial charge in [-0.15, -0.1) is 11.3 Å². The van der Waals surface area contributed by atoms with Gasteiger partial charge in [0.1, 0.15) is 10.7 Å². The molecule has 1 fully saturated rings. The summed E-state index contributed by atoms with van der Waals surface area (Å²) >= 11 is 1.45. The van der Waals surface area contributed by atoms with Crippen LogP contribution in [0, 0.1) is 0 Å². The summed E-state index contributed by atoms with van der Waals surface area (Å²) in [6.07, 6.45) is 6.43. The molecule has 2 atom stereocenters. The third-order valence-corrected chi connectivity index (χ3v) is 5.29. The summed E-state index contributed by atoms with van der Waals surface area (Å²) in [5.41, 5.74) is 8.23. The number of hydrogen-bond donors (Lipinski definition) is 2. The van der Waals surface area contributed by atoms with Crippen molar-refractivity contribution in [2.75, 3.05) is 0 Å². The molecule has 7 heteroatoms. The molecule has 25 heavy (non-hydrogen) atoms. The number of nitrogens with two attached hydrogens (primary N) is 1. The number of amides is 1. The minimum absolute atomic E-state index is 0.128. The van der Waals surface area contributed by atoms with Crippen LogP contribution in [0.5, 0.6) is 0 Å². The first-order chi connectivity index (χ1) is 12.2. The van der Waals surface area contributed by atoms with Gasteiger partial charge in [-0.1, -0.05) is 18.2 Å². The Hall–Kier alpha value is -2.51. The number of thiazole rings is 1. The first-order valence-electron chi connectivity index (χ1n) is 8.31. The van der Waals surface area contributed by atoms with Gasteiger partial charge in [0.15, 0.2) is 0 Å². The van der Waals surface area contributed by atoms with Crippen LogP contribution < -0.4 is 11.1 Å². The monoisotopic (exact) mass is 353 g/mol. The van der Waals surface area contributed by atoms with Crippen molar-refractivity contribution >= 4 is 17.2 Å². The third kappa shape index (κ3) is 3.47. The molecule has 6 nitrogen and oxygen atoms in total. The number of para-hydroxylation sites is 1. The number of nitrogens with zero attached hydrogens (tertiary/aromatic N) is 3. The third-order valence-electron chi connectivity index (χ3n) is 4.40. The van der Waals surface area contributed by atoms with Crippen molar-refractivity contribution in [1.82, 2.24) is 20.1 Å². The Bertz CT molecular complexity index is 872. The van der Waals surface area contributed by atoms with Crippen LogP contribution in [0.3, 0.4) is 0 Å². The van der Waals surface area contributed by atoms with Crippen molar-refractivity contribution < 1.29 is 4.79 Å². The Morgan fingerprint density at radius 3 is 2.88 bits per heavy atom. The molecule has 0 aliphatic heterocycles. The Labute approximate surface area is 149 Å². The van der Waals surface area contributed by atoms with Gasteiger partial charge in [-0.25, -0.2) is 9.67 Å². The van der Waals surface area contributed by atoms with E-state index in [1.807, 2.05) is 36.5 Å². The maximum Gasteiger partial charge on any atom is 0.270 e. The molecule has 3 N–H and O–H groups in total. The number of carbonyl (C=O) groups is 1. The van der Waals surface area contributed by atoms with E-state index in [0.717, 1.165) is 35.5 Å². The molecule has 1 amide bonds. The Morgan fingerprint density at radius 2 is 2.12 bits per heavy atom. The lowest BCUT2D eigenvalue weighted by Gasteiger charge is -2.10. The molecule has 0 radical (unpaired) electrons. The zero-order valence-corrected chi connectivity index (χ0v) is 14.4. The summed E-state index contributed by atoms with van der Waals surface area (Å²) in [5.74, 6) is -0.128. The summed E-state index contributed by atoms with van der Waals surface area (Å²) in [7, 11) is 0. The van der Waals surface area contributed by atoms with Gasteiger partial charge in [0, 0.05) is 29.2 Å². The Balaban J connectivity index is 1.48. The number of benzene rings is 1. The second kappa shape index (κ2) is 6.78. The van der Waals surface area contributed by atoms with Crippen LogP contribution in [0.4, 0.5) is 0 Å². The minimum Gasteiger partial charge on any atom is -0.348 e. The zero-order valence-electron chi connectivity index (χ0n) is 13.6. The number of carbonyl (C=O) groups excluding carboxylic acids is 1. The van der Waals surface area contributed by atoms with Crippen molar-refractivity contribution in [3.8, 4) is 16.3 Å². The van der Waals surface area contributed by atoms with E-state index in [-0.39, 0.29) is 18.0 Å². The van der Waals surface area contributed by atoms with Crippen molar-refractivity contribution in [1.29, 1.82) is 0 Å². The molecule has 1 aromatic carbocycles. The zero-order chi connectivity index (χ0) is 17.2. The SMILES string of the molecule is N[C@@H]1CC[C@@H](NC(=O)c2csc(-c3cnn(-c4ccccc4)c3)n2)C1. The van der Waals surface area contributed by atoms with Crippen LogP contribution in [0.15, 0.2) is 48.1 Å².